The molecule has 2 rings (SSSR count). The van der Waals surface area contributed by atoms with Gasteiger partial charge < -0.3 is 10.5 Å². The zero-order valence-corrected chi connectivity index (χ0v) is 12.6. The van der Waals surface area contributed by atoms with E-state index in [9.17, 15) is 4.21 Å². The Balaban J connectivity index is 1.85. The van der Waals surface area contributed by atoms with Crippen LogP contribution in [0.5, 0.6) is 0 Å². The van der Waals surface area contributed by atoms with Gasteiger partial charge >= 0.3 is 0 Å². The summed E-state index contributed by atoms with van der Waals surface area (Å²) < 4.78 is 18.6. The molecule has 2 atom stereocenters. The monoisotopic (exact) mass is 331 g/mol. The van der Waals surface area contributed by atoms with Crippen LogP contribution in [0.15, 0.2) is 27.6 Å². The van der Waals surface area contributed by atoms with E-state index in [1.165, 1.54) is 0 Å². The van der Waals surface area contributed by atoms with Gasteiger partial charge in [-0.25, -0.2) is 0 Å². The number of nitrogen functional groups attached to an aromatic ring is 1. The highest BCUT2D eigenvalue weighted by molar-refractivity contribution is 9.10. The number of halogens is 1. The normalized spacial score (nSPS) is 21.1. The number of rotatable bonds is 5. The van der Waals surface area contributed by atoms with E-state index < -0.39 is 10.8 Å². The van der Waals surface area contributed by atoms with Crippen molar-refractivity contribution >= 4 is 32.4 Å². The lowest BCUT2D eigenvalue weighted by Gasteiger charge is -2.09. The van der Waals surface area contributed by atoms with E-state index in [2.05, 4.69) is 15.9 Å². The quantitative estimate of drug-likeness (QED) is 0.843. The zero-order chi connectivity index (χ0) is 13.0. The molecule has 0 spiro atoms. The number of hydrogen-bond acceptors (Lipinski definition) is 3. The Hall–Kier alpha value is -0.390. The molecular weight excluding hydrogens is 314 g/mol. The highest BCUT2D eigenvalue weighted by Gasteiger charge is 2.16. The Morgan fingerprint density at radius 2 is 2.33 bits per heavy atom. The molecule has 1 aliphatic rings. The van der Waals surface area contributed by atoms with E-state index >= 15 is 0 Å². The van der Waals surface area contributed by atoms with Crippen molar-refractivity contribution in [1.82, 2.24) is 0 Å². The fraction of sp³-hybridized carbons (Fsp3) is 0.538. The number of ether oxygens (including phenoxy) is 1. The maximum atomic E-state index is 12.2. The molecule has 18 heavy (non-hydrogen) atoms. The van der Waals surface area contributed by atoms with Crippen LogP contribution in [0.3, 0.4) is 0 Å². The van der Waals surface area contributed by atoms with Crippen LogP contribution >= 0.6 is 15.9 Å². The van der Waals surface area contributed by atoms with Gasteiger partial charge in [0.15, 0.2) is 0 Å². The predicted octanol–water partition coefficient (Wildman–Crippen LogP) is 3.10. The molecule has 2 unspecified atom stereocenters. The van der Waals surface area contributed by atoms with Crippen molar-refractivity contribution in [1.29, 1.82) is 0 Å². The predicted molar refractivity (Wildman–Crippen MR) is 78.0 cm³/mol. The smallest absolute Gasteiger partial charge is 0.0628 e. The third-order valence-electron chi connectivity index (χ3n) is 3.10. The molecule has 3 nitrogen and oxygen atoms in total. The Labute approximate surface area is 119 Å². The minimum Gasteiger partial charge on any atom is -0.398 e. The van der Waals surface area contributed by atoms with Gasteiger partial charge in [-0.1, -0.05) is 15.9 Å². The summed E-state index contributed by atoms with van der Waals surface area (Å²) in [5, 5.41) is 0. The van der Waals surface area contributed by atoms with E-state index in [0.717, 1.165) is 41.7 Å². The molecule has 1 heterocycles. The Morgan fingerprint density at radius 1 is 1.50 bits per heavy atom. The van der Waals surface area contributed by atoms with Crippen LogP contribution in [0.1, 0.15) is 25.7 Å². The van der Waals surface area contributed by atoms with Crippen molar-refractivity contribution in [2.24, 2.45) is 0 Å². The average Bonchev–Trinajstić information content (AvgIpc) is 2.85. The molecular formula is C13H18BrNO2S. The van der Waals surface area contributed by atoms with E-state index in [-0.39, 0.29) is 0 Å². The number of hydrogen-bond donors (Lipinski definition) is 1. The molecule has 1 aromatic rings. The van der Waals surface area contributed by atoms with Gasteiger partial charge in [0, 0.05) is 22.5 Å². The fourth-order valence-corrected chi connectivity index (χ4v) is 3.88. The molecule has 2 N–H and O–H groups in total. The van der Waals surface area contributed by atoms with E-state index in [0.29, 0.717) is 17.5 Å². The van der Waals surface area contributed by atoms with Crippen molar-refractivity contribution < 1.29 is 8.95 Å². The first-order valence-corrected chi connectivity index (χ1v) is 8.33. The van der Waals surface area contributed by atoms with Crippen molar-refractivity contribution in [3.63, 3.8) is 0 Å². The molecule has 0 radical (unpaired) electrons. The molecule has 0 amide bonds. The number of anilines is 1. The first-order chi connectivity index (χ1) is 8.66. The second kappa shape index (κ2) is 6.68. The van der Waals surface area contributed by atoms with Crippen LogP contribution < -0.4 is 5.73 Å². The first kappa shape index (κ1) is 14.0. The van der Waals surface area contributed by atoms with E-state index in [1.54, 1.807) is 6.07 Å². The SMILES string of the molecule is Nc1ccc(Br)cc1S(=O)CCCC1CCCO1. The van der Waals surface area contributed by atoms with E-state index in [4.69, 9.17) is 10.5 Å². The highest BCUT2D eigenvalue weighted by Crippen LogP contribution is 2.23. The standard InChI is InChI=1S/C13H18BrNO2S/c14-10-5-6-12(15)13(9-10)18(16)8-2-4-11-3-1-7-17-11/h5-6,9,11H,1-4,7-8,15H2. The van der Waals surface area contributed by atoms with Crippen LogP contribution in [-0.4, -0.2) is 22.7 Å². The third kappa shape index (κ3) is 3.80. The summed E-state index contributed by atoms with van der Waals surface area (Å²) in [6.07, 6.45) is 4.60. The fourth-order valence-electron chi connectivity index (χ4n) is 2.13. The molecule has 0 aromatic heterocycles. The van der Waals surface area contributed by atoms with Gasteiger partial charge in [-0.2, -0.15) is 0 Å². The van der Waals surface area contributed by atoms with Crippen LogP contribution in [0.25, 0.3) is 0 Å². The Bertz CT molecular complexity index is 433. The molecule has 0 aliphatic carbocycles. The topological polar surface area (TPSA) is 52.3 Å². The molecule has 5 heteroatoms. The average molecular weight is 332 g/mol. The van der Waals surface area contributed by atoms with Gasteiger partial charge in [0.25, 0.3) is 0 Å². The largest absolute Gasteiger partial charge is 0.398 e. The molecule has 1 saturated heterocycles. The summed E-state index contributed by atoms with van der Waals surface area (Å²) in [5.74, 6) is 0.653. The molecule has 1 aromatic carbocycles. The molecule has 0 saturated carbocycles. The van der Waals surface area contributed by atoms with Crippen molar-refractivity contribution in [3.8, 4) is 0 Å². The maximum Gasteiger partial charge on any atom is 0.0628 e. The van der Waals surface area contributed by atoms with E-state index in [1.807, 2.05) is 12.1 Å². The van der Waals surface area contributed by atoms with Gasteiger partial charge in [0.2, 0.25) is 0 Å². The zero-order valence-electron chi connectivity index (χ0n) is 10.2. The van der Waals surface area contributed by atoms with Gasteiger partial charge in [0.1, 0.15) is 0 Å². The van der Waals surface area contributed by atoms with Crippen LogP contribution in [0.4, 0.5) is 5.69 Å². The summed E-state index contributed by atoms with van der Waals surface area (Å²) in [5.41, 5.74) is 6.45. The lowest BCUT2D eigenvalue weighted by atomic mass is 10.1. The number of benzene rings is 1. The first-order valence-electron chi connectivity index (χ1n) is 6.22. The Kier molecular flexibility index (Phi) is 5.21. The van der Waals surface area contributed by atoms with Gasteiger partial charge in [-0.15, -0.1) is 0 Å². The summed E-state index contributed by atoms with van der Waals surface area (Å²) in [7, 11) is -1.02. The third-order valence-corrected chi connectivity index (χ3v) is 5.10. The van der Waals surface area contributed by atoms with Crippen molar-refractivity contribution in [2.45, 2.75) is 36.7 Å². The highest BCUT2D eigenvalue weighted by atomic mass is 79.9. The molecule has 100 valence electrons. The van der Waals surface area contributed by atoms with Crippen molar-refractivity contribution in [3.05, 3.63) is 22.7 Å². The molecule has 1 fully saturated rings. The lowest BCUT2D eigenvalue weighted by molar-refractivity contribution is 0.104. The van der Waals surface area contributed by atoms with Crippen LogP contribution in [0.2, 0.25) is 0 Å². The van der Waals surface area contributed by atoms with Crippen molar-refractivity contribution in [2.75, 3.05) is 18.1 Å². The second-order valence-electron chi connectivity index (χ2n) is 4.51. The summed E-state index contributed by atoms with van der Waals surface area (Å²) in [6.45, 7) is 0.881. The minimum absolute atomic E-state index is 0.377. The second-order valence-corrected chi connectivity index (χ2v) is 6.96. The minimum atomic E-state index is -1.02. The molecule has 0 bridgehead atoms. The summed E-state index contributed by atoms with van der Waals surface area (Å²) >= 11 is 3.38. The van der Waals surface area contributed by atoms with Gasteiger partial charge in [-0.3, -0.25) is 4.21 Å². The Morgan fingerprint density at radius 3 is 3.06 bits per heavy atom. The summed E-state index contributed by atoms with van der Waals surface area (Å²) in [4.78, 5) is 0.733. The van der Waals surface area contributed by atoms with Gasteiger partial charge in [0.05, 0.1) is 21.8 Å². The molecule has 1 aliphatic heterocycles. The van der Waals surface area contributed by atoms with Crippen LogP contribution in [0, 0.1) is 0 Å². The number of nitrogens with two attached hydrogens (primary N) is 1. The summed E-state index contributed by atoms with van der Waals surface area (Å²) in [6, 6.07) is 5.50. The lowest BCUT2D eigenvalue weighted by Crippen LogP contribution is -2.08. The maximum absolute atomic E-state index is 12.2. The van der Waals surface area contributed by atoms with Crippen LogP contribution in [-0.2, 0) is 15.5 Å². The van der Waals surface area contributed by atoms with Gasteiger partial charge in [-0.05, 0) is 43.9 Å².